The summed E-state index contributed by atoms with van der Waals surface area (Å²) in [6.45, 7) is 3.76. The van der Waals surface area contributed by atoms with Gasteiger partial charge in [-0.1, -0.05) is 11.6 Å². The van der Waals surface area contributed by atoms with Crippen molar-refractivity contribution in [1.82, 2.24) is 4.31 Å². The molecule has 0 amide bonds. The van der Waals surface area contributed by atoms with Crippen LogP contribution in [0.1, 0.15) is 13.8 Å². The number of ether oxygens (including phenoxy) is 1. The molecule has 0 radical (unpaired) electrons. The first-order valence-corrected chi connectivity index (χ1v) is 7.98. The molecule has 9 heteroatoms. The highest BCUT2D eigenvalue weighted by atomic mass is 35.5. The Hall–Kier alpha value is -1.22. The molecule has 0 saturated carbocycles. The van der Waals surface area contributed by atoms with Gasteiger partial charge in [0.1, 0.15) is 4.90 Å². The topological polar surface area (TPSA) is 89.8 Å². The van der Waals surface area contributed by atoms with Crippen LogP contribution in [0.4, 0.5) is 5.69 Å². The number of nitro benzene ring substituents is 1. The summed E-state index contributed by atoms with van der Waals surface area (Å²) < 4.78 is 31.4. The molecule has 0 aliphatic carbocycles. The molecular weight excluding hydrogens is 320 g/mol. The molecule has 118 valence electrons. The Balaban J connectivity index is 3.33. The van der Waals surface area contributed by atoms with Crippen molar-refractivity contribution in [3.8, 4) is 0 Å². The Bertz CT molecular complexity index is 618. The third kappa shape index (κ3) is 4.13. The first-order valence-electron chi connectivity index (χ1n) is 6.16. The third-order valence-electron chi connectivity index (χ3n) is 2.80. The van der Waals surface area contributed by atoms with Gasteiger partial charge in [0.25, 0.3) is 5.69 Å². The van der Waals surface area contributed by atoms with Crippen molar-refractivity contribution in [1.29, 1.82) is 0 Å². The van der Waals surface area contributed by atoms with Gasteiger partial charge in [0.2, 0.25) is 10.0 Å². The normalized spacial score (nSPS) is 12.1. The first-order chi connectivity index (χ1) is 9.71. The van der Waals surface area contributed by atoms with E-state index in [-0.39, 0.29) is 34.8 Å². The van der Waals surface area contributed by atoms with Crippen LogP contribution in [0.2, 0.25) is 5.02 Å². The van der Waals surface area contributed by atoms with Crippen molar-refractivity contribution in [3.05, 3.63) is 33.3 Å². The fraction of sp³-hybridized carbons (Fsp3) is 0.500. The number of sulfonamides is 1. The number of nitrogens with zero attached hydrogens (tertiary/aromatic N) is 2. The molecule has 0 aromatic heterocycles. The Morgan fingerprint density at radius 3 is 2.52 bits per heavy atom. The van der Waals surface area contributed by atoms with Gasteiger partial charge in [-0.25, -0.2) is 8.42 Å². The van der Waals surface area contributed by atoms with Crippen LogP contribution >= 0.6 is 11.6 Å². The third-order valence-corrected chi connectivity index (χ3v) is 5.36. The predicted octanol–water partition coefficient (Wildman–Crippen LogP) is 2.29. The maximum atomic E-state index is 12.6. The minimum atomic E-state index is -3.94. The smallest absolute Gasteiger partial charge is 0.270 e. The van der Waals surface area contributed by atoms with Gasteiger partial charge in [-0.3, -0.25) is 10.1 Å². The zero-order chi connectivity index (χ0) is 16.2. The van der Waals surface area contributed by atoms with Gasteiger partial charge >= 0.3 is 0 Å². The summed E-state index contributed by atoms with van der Waals surface area (Å²) >= 11 is 5.91. The molecule has 0 unspecified atom stereocenters. The second kappa shape index (κ2) is 7.17. The van der Waals surface area contributed by atoms with Crippen molar-refractivity contribution >= 4 is 27.3 Å². The van der Waals surface area contributed by atoms with Crippen molar-refractivity contribution in [2.24, 2.45) is 0 Å². The van der Waals surface area contributed by atoms with E-state index in [2.05, 4.69) is 0 Å². The molecule has 0 bridgehead atoms. The molecule has 0 saturated heterocycles. The minimum Gasteiger partial charge on any atom is -0.383 e. The van der Waals surface area contributed by atoms with Crippen LogP contribution in [0.25, 0.3) is 0 Å². The molecule has 1 aromatic rings. The maximum absolute atomic E-state index is 12.6. The maximum Gasteiger partial charge on any atom is 0.270 e. The van der Waals surface area contributed by atoms with E-state index in [0.29, 0.717) is 0 Å². The van der Waals surface area contributed by atoms with Crippen LogP contribution in [-0.2, 0) is 14.8 Å². The molecule has 0 atom stereocenters. The minimum absolute atomic E-state index is 0.0522. The van der Waals surface area contributed by atoms with Crippen molar-refractivity contribution in [2.75, 3.05) is 20.3 Å². The van der Waals surface area contributed by atoms with Crippen LogP contribution in [-0.4, -0.2) is 43.9 Å². The molecule has 0 aliphatic rings. The summed E-state index contributed by atoms with van der Waals surface area (Å²) in [5.74, 6) is 0. The zero-order valence-electron chi connectivity index (χ0n) is 11.9. The molecule has 1 aromatic carbocycles. The highest BCUT2D eigenvalue weighted by molar-refractivity contribution is 7.89. The van der Waals surface area contributed by atoms with E-state index in [1.807, 2.05) is 0 Å². The average molecular weight is 337 g/mol. The number of hydrogen-bond donors (Lipinski definition) is 0. The van der Waals surface area contributed by atoms with Gasteiger partial charge in [-0.15, -0.1) is 0 Å². The summed E-state index contributed by atoms with van der Waals surface area (Å²) in [5.41, 5.74) is -0.326. The number of hydrogen-bond acceptors (Lipinski definition) is 5. The summed E-state index contributed by atoms with van der Waals surface area (Å²) in [6, 6.07) is 3.01. The van der Waals surface area contributed by atoms with Gasteiger partial charge in [-0.05, 0) is 19.9 Å². The predicted molar refractivity (Wildman–Crippen MR) is 79.0 cm³/mol. The van der Waals surface area contributed by atoms with E-state index in [4.69, 9.17) is 16.3 Å². The number of rotatable bonds is 7. The summed E-state index contributed by atoms with van der Waals surface area (Å²) in [6.07, 6.45) is 0. The van der Waals surface area contributed by atoms with Crippen molar-refractivity contribution in [2.45, 2.75) is 24.8 Å². The SMILES string of the molecule is COCCN(C(C)C)S(=O)(=O)c1cc([N+](=O)[O-])ccc1Cl. The Morgan fingerprint density at radius 2 is 2.05 bits per heavy atom. The average Bonchev–Trinajstić information content (AvgIpc) is 2.38. The van der Waals surface area contributed by atoms with E-state index in [1.54, 1.807) is 13.8 Å². The summed E-state index contributed by atoms with van der Waals surface area (Å²) in [7, 11) is -2.48. The zero-order valence-corrected chi connectivity index (χ0v) is 13.5. The van der Waals surface area contributed by atoms with Crippen LogP contribution in [0.5, 0.6) is 0 Å². The number of benzene rings is 1. The fourth-order valence-corrected chi connectivity index (χ4v) is 3.88. The lowest BCUT2D eigenvalue weighted by atomic mass is 10.3. The van der Waals surface area contributed by atoms with Gasteiger partial charge in [-0.2, -0.15) is 4.31 Å². The van der Waals surface area contributed by atoms with E-state index in [0.717, 1.165) is 12.1 Å². The standard InChI is InChI=1S/C12H17ClN2O5S/c1-9(2)14(6-7-20-3)21(18,19)12-8-10(15(16)17)4-5-11(12)13/h4-5,8-9H,6-7H2,1-3H3. The van der Waals surface area contributed by atoms with Crippen LogP contribution < -0.4 is 0 Å². The Morgan fingerprint density at radius 1 is 1.43 bits per heavy atom. The lowest BCUT2D eigenvalue weighted by Crippen LogP contribution is -2.39. The lowest BCUT2D eigenvalue weighted by molar-refractivity contribution is -0.385. The number of methoxy groups -OCH3 is 1. The van der Waals surface area contributed by atoms with Crippen molar-refractivity contribution < 1.29 is 18.1 Å². The summed E-state index contributed by atoms with van der Waals surface area (Å²) in [4.78, 5) is 9.86. The highest BCUT2D eigenvalue weighted by Gasteiger charge is 2.30. The number of non-ortho nitro benzene ring substituents is 1. The molecule has 7 nitrogen and oxygen atoms in total. The molecule has 21 heavy (non-hydrogen) atoms. The van der Waals surface area contributed by atoms with E-state index in [9.17, 15) is 18.5 Å². The van der Waals surface area contributed by atoms with Crippen LogP contribution in [0.15, 0.2) is 23.1 Å². The summed E-state index contributed by atoms with van der Waals surface area (Å²) in [5, 5.41) is 10.7. The Labute approximate surface area is 128 Å². The van der Waals surface area contributed by atoms with Crippen molar-refractivity contribution in [3.63, 3.8) is 0 Å². The first kappa shape index (κ1) is 17.8. The largest absolute Gasteiger partial charge is 0.383 e. The molecular formula is C12H17ClN2O5S. The van der Waals surface area contributed by atoms with Gasteiger partial charge in [0.05, 0.1) is 16.6 Å². The molecule has 1 rings (SSSR count). The molecule has 0 spiro atoms. The second-order valence-electron chi connectivity index (χ2n) is 4.57. The van der Waals surface area contributed by atoms with E-state index in [1.165, 1.54) is 17.5 Å². The second-order valence-corrected chi connectivity index (χ2v) is 6.84. The lowest BCUT2D eigenvalue weighted by Gasteiger charge is -2.25. The monoisotopic (exact) mass is 336 g/mol. The van der Waals surface area contributed by atoms with E-state index < -0.39 is 14.9 Å². The van der Waals surface area contributed by atoms with Gasteiger partial charge in [0, 0.05) is 31.8 Å². The quantitative estimate of drug-likeness (QED) is 0.563. The van der Waals surface area contributed by atoms with Gasteiger partial charge in [0.15, 0.2) is 0 Å². The Kier molecular flexibility index (Phi) is 6.09. The van der Waals surface area contributed by atoms with E-state index >= 15 is 0 Å². The highest BCUT2D eigenvalue weighted by Crippen LogP contribution is 2.29. The van der Waals surface area contributed by atoms with Crippen LogP contribution in [0.3, 0.4) is 0 Å². The number of halogens is 1. The van der Waals surface area contributed by atoms with Gasteiger partial charge < -0.3 is 4.74 Å². The van der Waals surface area contributed by atoms with Crippen LogP contribution in [0, 0.1) is 10.1 Å². The molecule has 0 fully saturated rings. The molecule has 0 heterocycles. The molecule has 0 N–H and O–H groups in total. The molecule has 0 aliphatic heterocycles. The fourth-order valence-electron chi connectivity index (χ4n) is 1.77. The number of nitro groups is 1.